The summed E-state index contributed by atoms with van der Waals surface area (Å²) in [5, 5.41) is 12.1. The second kappa shape index (κ2) is 8.51. The molecule has 1 amide bonds. The molecule has 3 aromatic rings. The molecule has 0 radical (unpaired) electrons. The molecule has 0 spiro atoms. The molecule has 136 valence electrons. The van der Waals surface area contributed by atoms with Gasteiger partial charge in [-0.15, -0.1) is 0 Å². The van der Waals surface area contributed by atoms with Crippen LogP contribution in [0.3, 0.4) is 0 Å². The number of carbonyl (C=O) groups is 1. The van der Waals surface area contributed by atoms with Gasteiger partial charge in [0.15, 0.2) is 0 Å². The number of carbonyl (C=O) groups excluding carboxylic acids is 1. The number of hydrogen-bond donors (Lipinski definition) is 1. The van der Waals surface area contributed by atoms with Crippen LogP contribution in [0, 0.1) is 6.92 Å². The van der Waals surface area contributed by atoms with Crippen molar-refractivity contribution in [3.8, 4) is 0 Å². The van der Waals surface area contributed by atoms with Crippen LogP contribution in [-0.4, -0.2) is 32.0 Å². The maximum Gasteiger partial charge on any atom is 0.251 e. The zero-order valence-electron chi connectivity index (χ0n) is 14.3. The Balaban J connectivity index is 1.50. The van der Waals surface area contributed by atoms with Gasteiger partial charge in [0, 0.05) is 31.0 Å². The zero-order chi connectivity index (χ0) is 18.5. The molecular weight excluding hydrogens is 418 g/mol. The third-order valence-electron chi connectivity index (χ3n) is 3.87. The molecule has 0 aliphatic rings. The van der Waals surface area contributed by atoms with Crippen molar-refractivity contribution >= 4 is 33.4 Å². The summed E-state index contributed by atoms with van der Waals surface area (Å²) in [6, 6.07) is 7.57. The molecule has 1 N–H and O–H groups in total. The Morgan fingerprint density at radius 2 is 2.15 bits per heavy atom. The summed E-state index contributed by atoms with van der Waals surface area (Å²) in [5.74, 6) is -0.0804. The number of amides is 1. The predicted molar refractivity (Wildman–Crippen MR) is 104 cm³/mol. The summed E-state index contributed by atoms with van der Waals surface area (Å²) in [6.45, 7) is 3.77. The first kappa shape index (κ1) is 18.7. The van der Waals surface area contributed by atoms with Gasteiger partial charge in [-0.3, -0.25) is 14.2 Å². The molecule has 0 atom stereocenters. The van der Waals surface area contributed by atoms with E-state index in [1.165, 1.54) is 0 Å². The second-order valence-electron chi connectivity index (χ2n) is 5.99. The fourth-order valence-electron chi connectivity index (χ4n) is 2.58. The lowest BCUT2D eigenvalue weighted by Crippen LogP contribution is -2.25. The van der Waals surface area contributed by atoms with Crippen LogP contribution < -0.4 is 5.32 Å². The lowest BCUT2D eigenvalue weighted by molar-refractivity contribution is 0.0952. The van der Waals surface area contributed by atoms with Gasteiger partial charge in [0.05, 0.1) is 27.9 Å². The van der Waals surface area contributed by atoms with Crippen molar-refractivity contribution < 1.29 is 4.79 Å². The van der Waals surface area contributed by atoms with Crippen LogP contribution in [0.5, 0.6) is 0 Å². The Morgan fingerprint density at radius 3 is 2.85 bits per heavy atom. The largest absolute Gasteiger partial charge is 0.352 e. The van der Waals surface area contributed by atoms with Crippen LogP contribution in [0.4, 0.5) is 0 Å². The average molecular weight is 437 g/mol. The number of benzene rings is 1. The molecular formula is C18H19BrClN5O. The van der Waals surface area contributed by atoms with E-state index in [4.69, 9.17) is 11.6 Å². The molecule has 2 aromatic heterocycles. The predicted octanol–water partition coefficient (Wildman–Crippen LogP) is 3.67. The first-order chi connectivity index (χ1) is 12.5. The smallest absolute Gasteiger partial charge is 0.251 e. The lowest BCUT2D eigenvalue weighted by Gasteiger charge is -2.08. The molecule has 0 saturated carbocycles. The molecule has 26 heavy (non-hydrogen) atoms. The van der Waals surface area contributed by atoms with Gasteiger partial charge >= 0.3 is 0 Å². The fraction of sp³-hybridized carbons (Fsp3) is 0.278. The molecule has 1 aromatic carbocycles. The van der Waals surface area contributed by atoms with Gasteiger partial charge in [-0.05, 0) is 47.0 Å². The van der Waals surface area contributed by atoms with E-state index < -0.39 is 0 Å². The number of hydrogen-bond acceptors (Lipinski definition) is 3. The quantitative estimate of drug-likeness (QED) is 0.575. The zero-order valence-corrected chi connectivity index (χ0v) is 16.7. The van der Waals surface area contributed by atoms with E-state index in [1.807, 2.05) is 42.1 Å². The third-order valence-corrected chi connectivity index (χ3v) is 4.65. The molecule has 2 heterocycles. The first-order valence-electron chi connectivity index (χ1n) is 8.26. The minimum Gasteiger partial charge on any atom is -0.352 e. The highest BCUT2D eigenvalue weighted by atomic mass is 79.9. The number of halogens is 2. The van der Waals surface area contributed by atoms with Gasteiger partial charge in [-0.2, -0.15) is 10.2 Å². The van der Waals surface area contributed by atoms with Gasteiger partial charge in [0.2, 0.25) is 0 Å². The summed E-state index contributed by atoms with van der Waals surface area (Å²) in [4.78, 5) is 12.3. The second-order valence-corrected chi connectivity index (χ2v) is 7.31. The molecule has 0 fully saturated rings. The Hall–Kier alpha value is -2.12. The minimum atomic E-state index is -0.0804. The van der Waals surface area contributed by atoms with E-state index in [0.29, 0.717) is 30.2 Å². The van der Waals surface area contributed by atoms with Crippen LogP contribution in [0.25, 0.3) is 0 Å². The van der Waals surface area contributed by atoms with Crippen molar-refractivity contribution in [1.29, 1.82) is 0 Å². The Morgan fingerprint density at radius 1 is 1.31 bits per heavy atom. The first-order valence-corrected chi connectivity index (χ1v) is 9.43. The van der Waals surface area contributed by atoms with E-state index in [1.54, 1.807) is 17.1 Å². The van der Waals surface area contributed by atoms with Crippen molar-refractivity contribution in [3.05, 3.63) is 69.2 Å². The molecule has 0 aliphatic carbocycles. The van der Waals surface area contributed by atoms with Gasteiger partial charge in [0.1, 0.15) is 0 Å². The van der Waals surface area contributed by atoms with E-state index in [2.05, 4.69) is 31.4 Å². The Bertz CT molecular complexity index is 885. The maximum atomic E-state index is 12.3. The summed E-state index contributed by atoms with van der Waals surface area (Å²) in [6.07, 6.45) is 6.22. The van der Waals surface area contributed by atoms with E-state index in [0.717, 1.165) is 22.2 Å². The van der Waals surface area contributed by atoms with E-state index in [9.17, 15) is 4.79 Å². The lowest BCUT2D eigenvalue weighted by atomic mass is 10.1. The molecule has 0 saturated heterocycles. The number of nitrogens with one attached hydrogen (secondary N) is 1. The summed E-state index contributed by atoms with van der Waals surface area (Å²) < 4.78 is 4.55. The Labute approximate surface area is 165 Å². The summed E-state index contributed by atoms with van der Waals surface area (Å²) in [5.41, 5.74) is 2.48. The van der Waals surface area contributed by atoms with Crippen molar-refractivity contribution in [3.63, 3.8) is 0 Å². The van der Waals surface area contributed by atoms with Crippen molar-refractivity contribution in [2.75, 3.05) is 6.54 Å². The number of aromatic nitrogens is 4. The SMILES string of the molecule is Cc1nn(CCCNC(=O)c2cccc(Cn3cc(Br)cn3)c2)cc1Cl. The normalized spacial score (nSPS) is 10.9. The highest BCUT2D eigenvalue weighted by molar-refractivity contribution is 9.10. The topological polar surface area (TPSA) is 64.7 Å². The monoisotopic (exact) mass is 435 g/mol. The van der Waals surface area contributed by atoms with Gasteiger partial charge in [-0.25, -0.2) is 0 Å². The fourth-order valence-corrected chi connectivity index (χ4v) is 3.05. The van der Waals surface area contributed by atoms with Crippen molar-refractivity contribution in [2.45, 2.75) is 26.4 Å². The van der Waals surface area contributed by atoms with Crippen LogP contribution >= 0.6 is 27.5 Å². The molecule has 0 aliphatic heterocycles. The summed E-state index contributed by atoms with van der Waals surface area (Å²) >= 11 is 9.36. The number of rotatable bonds is 7. The van der Waals surface area contributed by atoms with Crippen LogP contribution in [-0.2, 0) is 13.1 Å². The van der Waals surface area contributed by atoms with E-state index >= 15 is 0 Å². The van der Waals surface area contributed by atoms with Gasteiger partial charge in [-0.1, -0.05) is 23.7 Å². The molecule has 0 unspecified atom stereocenters. The molecule has 8 heteroatoms. The highest BCUT2D eigenvalue weighted by Crippen LogP contribution is 2.12. The molecule has 0 bridgehead atoms. The van der Waals surface area contributed by atoms with Crippen molar-refractivity contribution in [2.24, 2.45) is 0 Å². The van der Waals surface area contributed by atoms with Crippen LogP contribution in [0.2, 0.25) is 5.02 Å². The molecule has 3 rings (SSSR count). The van der Waals surface area contributed by atoms with Gasteiger partial charge in [0.25, 0.3) is 5.91 Å². The van der Waals surface area contributed by atoms with E-state index in [-0.39, 0.29) is 5.91 Å². The highest BCUT2D eigenvalue weighted by Gasteiger charge is 2.07. The van der Waals surface area contributed by atoms with Crippen LogP contribution in [0.15, 0.2) is 47.3 Å². The van der Waals surface area contributed by atoms with Gasteiger partial charge < -0.3 is 5.32 Å². The molecule has 6 nitrogen and oxygen atoms in total. The summed E-state index contributed by atoms with van der Waals surface area (Å²) in [7, 11) is 0. The van der Waals surface area contributed by atoms with Crippen LogP contribution in [0.1, 0.15) is 28.0 Å². The van der Waals surface area contributed by atoms with Crippen molar-refractivity contribution in [1.82, 2.24) is 24.9 Å². The number of nitrogens with zero attached hydrogens (tertiary/aromatic N) is 4. The average Bonchev–Trinajstić information content (AvgIpc) is 3.17. The third kappa shape index (κ3) is 4.95. The number of aryl methyl sites for hydroxylation is 2. The maximum absolute atomic E-state index is 12.3. The Kier molecular flexibility index (Phi) is 6.11. The standard InChI is InChI=1S/C18H19BrClN5O/c1-13-17(20)12-24(23-13)7-3-6-21-18(26)15-5-2-4-14(8-15)10-25-11-16(19)9-22-25/h2,4-5,8-9,11-12H,3,6-7,10H2,1H3,(H,21,26). The minimum absolute atomic E-state index is 0.0804.